The second-order valence-electron chi connectivity index (χ2n) is 2.07. The van der Waals surface area contributed by atoms with E-state index in [2.05, 4.69) is 10.1 Å². The van der Waals surface area contributed by atoms with Gasteiger partial charge in [0.15, 0.2) is 11.6 Å². The van der Waals surface area contributed by atoms with Gasteiger partial charge in [0.1, 0.15) is 0 Å². The maximum atomic E-state index is 10.8. The molecule has 0 aromatic carbocycles. The molecule has 1 amide bonds. The van der Waals surface area contributed by atoms with Gasteiger partial charge in [0.2, 0.25) is 5.91 Å². The maximum Gasteiger partial charge on any atom is 0.332 e. The Morgan fingerprint density at radius 1 is 1.58 bits per heavy atom. The Morgan fingerprint density at radius 3 is 2.33 bits per heavy atom. The van der Waals surface area contributed by atoms with E-state index in [1.54, 1.807) is 0 Å². The predicted octanol–water partition coefficient (Wildman–Crippen LogP) is -0.779. The number of ether oxygens (including phenoxy) is 1. The molecule has 0 saturated carbocycles. The number of esters is 1. The SMILES string of the molecule is COC(=O)[C@@H](NC(C)=O)C(O)Cl. The van der Waals surface area contributed by atoms with Crippen LogP contribution >= 0.6 is 11.6 Å². The van der Waals surface area contributed by atoms with Crippen LogP contribution in [-0.2, 0) is 14.3 Å². The van der Waals surface area contributed by atoms with Crippen LogP contribution in [0.4, 0.5) is 0 Å². The summed E-state index contributed by atoms with van der Waals surface area (Å²) in [5, 5.41) is 10.9. The van der Waals surface area contributed by atoms with Crippen LogP contribution in [0.25, 0.3) is 0 Å². The van der Waals surface area contributed by atoms with E-state index in [-0.39, 0.29) is 0 Å². The van der Waals surface area contributed by atoms with Crippen LogP contribution in [0.15, 0.2) is 0 Å². The minimum atomic E-state index is -1.48. The number of hydrogen-bond acceptors (Lipinski definition) is 4. The van der Waals surface area contributed by atoms with Crippen LogP contribution in [0.2, 0.25) is 0 Å². The fourth-order valence-corrected chi connectivity index (χ4v) is 0.752. The second-order valence-corrected chi connectivity index (χ2v) is 2.52. The topological polar surface area (TPSA) is 75.6 Å². The van der Waals surface area contributed by atoms with Crippen molar-refractivity contribution in [3.05, 3.63) is 0 Å². The Labute approximate surface area is 74.6 Å². The fraction of sp³-hybridized carbons (Fsp3) is 0.667. The highest BCUT2D eigenvalue weighted by molar-refractivity contribution is 6.21. The van der Waals surface area contributed by atoms with Gasteiger partial charge in [0, 0.05) is 6.92 Å². The van der Waals surface area contributed by atoms with Gasteiger partial charge in [-0.3, -0.25) is 4.79 Å². The van der Waals surface area contributed by atoms with E-state index in [0.717, 1.165) is 7.11 Å². The molecule has 70 valence electrons. The molecule has 12 heavy (non-hydrogen) atoms. The summed E-state index contributed by atoms with van der Waals surface area (Å²) in [6.07, 6.45) is 0. The van der Waals surface area contributed by atoms with Gasteiger partial charge in [-0.15, -0.1) is 0 Å². The van der Waals surface area contributed by atoms with Gasteiger partial charge in [-0.25, -0.2) is 4.79 Å². The van der Waals surface area contributed by atoms with E-state index in [4.69, 9.17) is 16.7 Å². The average Bonchev–Trinajstić information content (AvgIpc) is 1.98. The van der Waals surface area contributed by atoms with Crippen molar-refractivity contribution in [1.29, 1.82) is 0 Å². The number of carbonyl (C=O) groups is 2. The minimum Gasteiger partial charge on any atom is -0.467 e. The third kappa shape index (κ3) is 3.54. The number of aliphatic hydroxyl groups excluding tert-OH is 1. The van der Waals surface area contributed by atoms with Crippen molar-refractivity contribution in [2.75, 3.05) is 7.11 Å². The molecule has 0 aliphatic carbocycles. The summed E-state index contributed by atoms with van der Waals surface area (Å²) in [7, 11) is 1.14. The lowest BCUT2D eigenvalue weighted by Gasteiger charge is -2.15. The summed E-state index contributed by atoms with van der Waals surface area (Å²) in [5.74, 6) is -1.25. The van der Waals surface area contributed by atoms with Crippen molar-refractivity contribution >= 4 is 23.5 Å². The quantitative estimate of drug-likeness (QED) is 0.458. The molecule has 0 spiro atoms. The molecule has 1 unspecified atom stereocenters. The van der Waals surface area contributed by atoms with Gasteiger partial charge in [-0.2, -0.15) is 0 Å². The first-order chi connectivity index (χ1) is 5.49. The highest BCUT2D eigenvalue weighted by atomic mass is 35.5. The molecular formula is C6H10ClNO4. The Bertz CT molecular complexity index is 182. The van der Waals surface area contributed by atoms with Crippen LogP contribution in [0.5, 0.6) is 0 Å². The van der Waals surface area contributed by atoms with Gasteiger partial charge in [0.25, 0.3) is 0 Å². The van der Waals surface area contributed by atoms with Crippen molar-refractivity contribution in [3.63, 3.8) is 0 Å². The van der Waals surface area contributed by atoms with Gasteiger partial charge in [-0.1, -0.05) is 11.6 Å². The summed E-state index contributed by atoms with van der Waals surface area (Å²) < 4.78 is 4.28. The zero-order valence-corrected chi connectivity index (χ0v) is 7.46. The number of rotatable bonds is 3. The van der Waals surface area contributed by atoms with E-state index in [1.165, 1.54) is 6.92 Å². The zero-order valence-electron chi connectivity index (χ0n) is 6.70. The number of amides is 1. The second kappa shape index (κ2) is 4.95. The minimum absolute atomic E-state index is 0.468. The standard InChI is InChI=1S/C6H10ClNO4/c1-3(9)8-4(5(7)10)6(11)12-2/h4-5,10H,1-2H3,(H,8,9)/t4-,5?/m0/s1. The van der Waals surface area contributed by atoms with E-state index in [9.17, 15) is 9.59 Å². The molecule has 0 bridgehead atoms. The molecule has 5 nitrogen and oxygen atoms in total. The molecule has 0 saturated heterocycles. The highest BCUT2D eigenvalue weighted by Crippen LogP contribution is 2.00. The number of nitrogens with one attached hydrogen (secondary N) is 1. The molecule has 0 radical (unpaired) electrons. The van der Waals surface area contributed by atoms with E-state index >= 15 is 0 Å². The Kier molecular flexibility index (Phi) is 4.61. The molecule has 0 heterocycles. The smallest absolute Gasteiger partial charge is 0.332 e. The number of carbonyl (C=O) groups excluding carboxylic acids is 2. The summed E-state index contributed by atoms with van der Waals surface area (Å²) in [4.78, 5) is 21.3. The Morgan fingerprint density at radius 2 is 2.08 bits per heavy atom. The molecule has 0 rings (SSSR count). The molecule has 0 aliphatic rings. The van der Waals surface area contributed by atoms with Crippen LogP contribution in [0.3, 0.4) is 0 Å². The van der Waals surface area contributed by atoms with E-state index in [1.807, 2.05) is 0 Å². The van der Waals surface area contributed by atoms with Crippen LogP contribution < -0.4 is 5.32 Å². The first-order valence-electron chi connectivity index (χ1n) is 3.16. The number of alkyl halides is 1. The molecule has 2 atom stereocenters. The Hall–Kier alpha value is -0.810. The zero-order chi connectivity index (χ0) is 9.72. The number of methoxy groups -OCH3 is 1. The van der Waals surface area contributed by atoms with Gasteiger partial charge in [0.05, 0.1) is 7.11 Å². The molecule has 0 fully saturated rings. The Balaban J connectivity index is 4.23. The van der Waals surface area contributed by atoms with Crippen molar-refractivity contribution < 1.29 is 19.4 Å². The lowest BCUT2D eigenvalue weighted by Crippen LogP contribution is -2.46. The van der Waals surface area contributed by atoms with E-state index < -0.39 is 23.5 Å². The molecule has 6 heteroatoms. The van der Waals surface area contributed by atoms with Crippen molar-refractivity contribution in [3.8, 4) is 0 Å². The lowest BCUT2D eigenvalue weighted by atomic mass is 10.3. The fourth-order valence-electron chi connectivity index (χ4n) is 0.586. The van der Waals surface area contributed by atoms with Gasteiger partial charge < -0.3 is 15.2 Å². The summed E-state index contributed by atoms with van der Waals surface area (Å²) in [6, 6.07) is -1.21. The first kappa shape index (κ1) is 11.2. The largest absolute Gasteiger partial charge is 0.467 e. The molecule has 0 aromatic rings. The van der Waals surface area contributed by atoms with Crippen LogP contribution in [-0.4, -0.2) is 35.7 Å². The highest BCUT2D eigenvalue weighted by Gasteiger charge is 2.26. The molecule has 0 aromatic heterocycles. The van der Waals surface area contributed by atoms with Crippen molar-refractivity contribution in [1.82, 2.24) is 5.32 Å². The van der Waals surface area contributed by atoms with Crippen LogP contribution in [0.1, 0.15) is 6.92 Å². The summed E-state index contributed by atoms with van der Waals surface area (Å²) in [5.41, 5.74) is -1.48. The normalized spacial score (nSPS) is 14.7. The number of aliphatic hydroxyl groups is 1. The van der Waals surface area contributed by atoms with Crippen molar-refractivity contribution in [2.45, 2.75) is 18.5 Å². The summed E-state index contributed by atoms with van der Waals surface area (Å²) >= 11 is 5.20. The first-order valence-corrected chi connectivity index (χ1v) is 3.59. The third-order valence-corrected chi connectivity index (χ3v) is 1.34. The van der Waals surface area contributed by atoms with Gasteiger partial charge >= 0.3 is 5.97 Å². The predicted molar refractivity (Wildman–Crippen MR) is 41.5 cm³/mol. The summed E-state index contributed by atoms with van der Waals surface area (Å²) in [6.45, 7) is 1.20. The number of hydrogen-bond donors (Lipinski definition) is 2. The molecule has 2 N–H and O–H groups in total. The van der Waals surface area contributed by atoms with E-state index in [0.29, 0.717) is 0 Å². The maximum absolute atomic E-state index is 10.8. The van der Waals surface area contributed by atoms with Gasteiger partial charge in [-0.05, 0) is 0 Å². The third-order valence-electron chi connectivity index (χ3n) is 1.09. The van der Waals surface area contributed by atoms with Crippen LogP contribution in [0, 0.1) is 0 Å². The van der Waals surface area contributed by atoms with Crippen molar-refractivity contribution in [2.24, 2.45) is 0 Å². The monoisotopic (exact) mass is 195 g/mol. The number of halogens is 1. The molecular weight excluding hydrogens is 186 g/mol. The molecule has 0 aliphatic heterocycles. The average molecular weight is 196 g/mol. The lowest BCUT2D eigenvalue weighted by molar-refractivity contribution is -0.146.